The summed E-state index contributed by atoms with van der Waals surface area (Å²) in [6, 6.07) is 0. The molecule has 0 saturated heterocycles. The minimum Gasteiger partial charge on any atom is -0.462 e. The second-order valence-electron chi connectivity index (χ2n) is 3.56. The van der Waals surface area contributed by atoms with Gasteiger partial charge in [0.05, 0.1) is 19.8 Å². The molecule has 4 N–H and O–H groups in total. The van der Waals surface area contributed by atoms with Crippen molar-refractivity contribution in [3.63, 3.8) is 0 Å². The Morgan fingerprint density at radius 1 is 1.30 bits per heavy atom. The van der Waals surface area contributed by atoms with E-state index >= 15 is 0 Å². The third kappa shape index (κ3) is 10.9. The summed E-state index contributed by atoms with van der Waals surface area (Å²) in [7, 11) is -4.38. The zero-order chi connectivity index (χ0) is 15.6. The summed E-state index contributed by atoms with van der Waals surface area (Å²) < 4.78 is 24.6. The van der Waals surface area contributed by atoms with Crippen LogP contribution in [0.15, 0.2) is 0 Å². The lowest BCUT2D eigenvalue weighted by Crippen LogP contribution is -2.29. The molecule has 0 saturated carbocycles. The fraction of sp³-hybridized carbons (Fsp3) is 0.778. The molecule has 0 radical (unpaired) electrons. The topological polar surface area (TPSA) is 152 Å². The van der Waals surface area contributed by atoms with Gasteiger partial charge in [0.2, 0.25) is 5.91 Å². The van der Waals surface area contributed by atoms with E-state index in [1.807, 2.05) is 0 Å². The van der Waals surface area contributed by atoms with Gasteiger partial charge >= 0.3 is 13.8 Å². The van der Waals surface area contributed by atoms with Gasteiger partial charge in [-0.15, -0.1) is 0 Å². The first-order chi connectivity index (χ1) is 9.26. The van der Waals surface area contributed by atoms with Gasteiger partial charge < -0.3 is 25.2 Å². The van der Waals surface area contributed by atoms with Crippen LogP contribution in [0.5, 0.6) is 0 Å². The molecule has 10 nitrogen and oxygen atoms in total. The number of aliphatic hydroxyl groups excluding tert-OH is 2. The summed E-state index contributed by atoms with van der Waals surface area (Å²) >= 11 is 0. The number of carbonyl (C=O) groups excluding carboxylic acids is 2. The molecule has 1 amide bonds. The third-order valence-corrected chi connectivity index (χ3v) is 2.71. The number of nitrogens with one attached hydrogen (secondary N) is 1. The van der Waals surface area contributed by atoms with E-state index in [4.69, 9.17) is 15.1 Å². The van der Waals surface area contributed by atoms with Gasteiger partial charge in [0.25, 0.3) is 0 Å². The Bertz CT molecular complexity index is 361. The highest BCUT2D eigenvalue weighted by atomic mass is 31.2. The summed E-state index contributed by atoms with van der Waals surface area (Å²) in [5, 5.41) is 19.6. The maximum atomic E-state index is 11.2. The third-order valence-electron chi connectivity index (χ3n) is 1.72. The molecule has 2 unspecified atom stereocenters. The Morgan fingerprint density at radius 3 is 2.50 bits per heavy atom. The zero-order valence-electron chi connectivity index (χ0n) is 10.9. The highest BCUT2D eigenvalue weighted by Crippen LogP contribution is 2.42. The van der Waals surface area contributed by atoms with Crippen molar-refractivity contribution in [2.24, 2.45) is 0 Å². The van der Waals surface area contributed by atoms with E-state index in [1.165, 1.54) is 6.92 Å². The second-order valence-corrected chi connectivity index (χ2v) is 5.02. The predicted molar refractivity (Wildman–Crippen MR) is 64.5 cm³/mol. The van der Waals surface area contributed by atoms with Crippen LogP contribution in [0.25, 0.3) is 0 Å². The van der Waals surface area contributed by atoms with Crippen molar-refractivity contribution in [1.82, 2.24) is 5.32 Å². The van der Waals surface area contributed by atoms with Crippen LogP contribution in [0.2, 0.25) is 0 Å². The lowest BCUT2D eigenvalue weighted by Gasteiger charge is -2.14. The molecule has 0 spiro atoms. The van der Waals surface area contributed by atoms with E-state index in [9.17, 15) is 14.2 Å². The van der Waals surface area contributed by atoms with Crippen LogP contribution in [0.3, 0.4) is 0 Å². The molecule has 0 aliphatic carbocycles. The van der Waals surface area contributed by atoms with Crippen molar-refractivity contribution in [2.75, 3.05) is 33.0 Å². The van der Waals surface area contributed by atoms with E-state index in [0.29, 0.717) is 0 Å². The van der Waals surface area contributed by atoms with Crippen molar-refractivity contribution in [2.45, 2.75) is 13.0 Å². The Kier molecular flexibility index (Phi) is 9.30. The van der Waals surface area contributed by atoms with Gasteiger partial charge in [-0.3, -0.25) is 18.6 Å². The van der Waals surface area contributed by atoms with Crippen LogP contribution in [0.1, 0.15) is 6.92 Å². The molecule has 0 rings (SSSR count). The van der Waals surface area contributed by atoms with Gasteiger partial charge in [-0.05, 0) is 0 Å². The first-order valence-electron chi connectivity index (χ1n) is 5.57. The molecule has 118 valence electrons. The number of hydrogen-bond acceptors (Lipinski definition) is 8. The zero-order valence-corrected chi connectivity index (χ0v) is 11.7. The standard InChI is InChI=1S/C9H18NO9P/c1-7(12)10-4-9(14)17-2-3-18-20(15,16)19-6-8(13)5-11/h8,11,13H,2-6H2,1H3,(H,10,12)(H,15,16). The monoisotopic (exact) mass is 315 g/mol. The largest absolute Gasteiger partial charge is 0.472 e. The van der Waals surface area contributed by atoms with Gasteiger partial charge in [0.15, 0.2) is 0 Å². The minimum absolute atomic E-state index is 0.311. The molecular weight excluding hydrogens is 297 g/mol. The normalized spacial score (nSPS) is 15.2. The van der Waals surface area contributed by atoms with Crippen molar-refractivity contribution < 1.29 is 43.0 Å². The maximum absolute atomic E-state index is 11.2. The Morgan fingerprint density at radius 2 is 1.95 bits per heavy atom. The number of aliphatic hydroxyl groups is 2. The van der Waals surface area contributed by atoms with E-state index in [2.05, 4.69) is 19.1 Å². The van der Waals surface area contributed by atoms with E-state index < -0.39 is 45.6 Å². The summed E-state index contributed by atoms with van der Waals surface area (Å²) in [5.41, 5.74) is 0. The van der Waals surface area contributed by atoms with Crippen LogP contribution >= 0.6 is 7.82 Å². The molecule has 0 aromatic carbocycles. The molecule has 11 heteroatoms. The van der Waals surface area contributed by atoms with Crippen molar-refractivity contribution in [3.8, 4) is 0 Å². The first-order valence-corrected chi connectivity index (χ1v) is 7.07. The molecule has 0 aromatic rings. The van der Waals surface area contributed by atoms with Crippen LogP contribution in [-0.2, 0) is 27.9 Å². The first kappa shape index (κ1) is 19.0. The molecule has 0 heterocycles. The molecule has 0 aliphatic rings. The highest BCUT2D eigenvalue weighted by Gasteiger charge is 2.22. The smallest absolute Gasteiger partial charge is 0.462 e. The summed E-state index contributed by atoms with van der Waals surface area (Å²) in [6.45, 7) is -1.00. The van der Waals surface area contributed by atoms with Crippen molar-refractivity contribution >= 4 is 19.7 Å². The predicted octanol–water partition coefficient (Wildman–Crippen LogP) is -1.85. The Labute approximate surface area is 115 Å². The summed E-state index contributed by atoms with van der Waals surface area (Å²) in [6.07, 6.45) is -1.30. The number of esters is 1. The van der Waals surface area contributed by atoms with Gasteiger partial charge in [-0.2, -0.15) is 0 Å². The molecule has 0 aromatic heterocycles. The number of phosphoric ester groups is 1. The quantitative estimate of drug-likeness (QED) is 0.207. The molecule has 0 fully saturated rings. The lowest BCUT2D eigenvalue weighted by molar-refractivity contribution is -0.144. The summed E-state index contributed by atoms with van der Waals surface area (Å²) in [4.78, 5) is 30.6. The van der Waals surface area contributed by atoms with Crippen molar-refractivity contribution in [3.05, 3.63) is 0 Å². The van der Waals surface area contributed by atoms with Gasteiger partial charge in [-0.1, -0.05) is 0 Å². The van der Waals surface area contributed by atoms with Crippen LogP contribution in [0.4, 0.5) is 0 Å². The fourth-order valence-electron chi connectivity index (χ4n) is 0.826. The molecule has 2 atom stereocenters. The molecule has 0 aliphatic heterocycles. The van der Waals surface area contributed by atoms with Gasteiger partial charge in [-0.25, -0.2) is 4.57 Å². The average molecular weight is 315 g/mol. The van der Waals surface area contributed by atoms with Gasteiger partial charge in [0.1, 0.15) is 19.3 Å². The number of rotatable bonds is 10. The molecule has 20 heavy (non-hydrogen) atoms. The number of amides is 1. The lowest BCUT2D eigenvalue weighted by atomic mass is 10.4. The van der Waals surface area contributed by atoms with E-state index in [0.717, 1.165) is 0 Å². The van der Waals surface area contributed by atoms with Gasteiger partial charge in [0, 0.05) is 6.92 Å². The minimum atomic E-state index is -4.38. The second kappa shape index (κ2) is 9.81. The SMILES string of the molecule is CC(=O)NCC(=O)OCCOP(=O)(O)OCC(O)CO. The molecule has 0 bridgehead atoms. The summed E-state index contributed by atoms with van der Waals surface area (Å²) in [5.74, 6) is -1.12. The average Bonchev–Trinajstić information content (AvgIpc) is 2.38. The van der Waals surface area contributed by atoms with Crippen LogP contribution in [-0.4, -0.2) is 66.1 Å². The van der Waals surface area contributed by atoms with E-state index in [-0.39, 0.29) is 13.2 Å². The van der Waals surface area contributed by atoms with Crippen LogP contribution in [0, 0.1) is 0 Å². The molecular formula is C9H18NO9P. The highest BCUT2D eigenvalue weighted by molar-refractivity contribution is 7.47. The van der Waals surface area contributed by atoms with Crippen molar-refractivity contribution in [1.29, 1.82) is 0 Å². The van der Waals surface area contributed by atoms with E-state index in [1.54, 1.807) is 0 Å². The maximum Gasteiger partial charge on any atom is 0.472 e. The Balaban J connectivity index is 3.74. The Hall–Kier alpha value is -1.03. The number of hydrogen-bond donors (Lipinski definition) is 4. The van der Waals surface area contributed by atoms with Crippen LogP contribution < -0.4 is 5.32 Å². The number of phosphoric acid groups is 1. The fourth-order valence-corrected chi connectivity index (χ4v) is 1.57. The number of carbonyl (C=O) groups is 2. The number of ether oxygens (including phenoxy) is 1.